The van der Waals surface area contributed by atoms with E-state index >= 15 is 0 Å². The van der Waals surface area contributed by atoms with Gasteiger partial charge in [0.05, 0.1) is 18.1 Å². The van der Waals surface area contributed by atoms with Gasteiger partial charge in [-0.2, -0.15) is 0 Å². The van der Waals surface area contributed by atoms with Gasteiger partial charge < -0.3 is 9.94 Å². The Balaban J connectivity index is 3.32. The van der Waals surface area contributed by atoms with Crippen LogP contribution in [0.15, 0.2) is 10.5 Å². The zero-order valence-corrected chi connectivity index (χ0v) is 9.48. The first-order valence-electron chi connectivity index (χ1n) is 4.00. The monoisotopic (exact) mass is 263 g/mol. The molecule has 1 aromatic rings. The first-order chi connectivity index (χ1) is 6.61. The van der Waals surface area contributed by atoms with Gasteiger partial charge in [-0.15, -0.1) is 0 Å². The summed E-state index contributed by atoms with van der Waals surface area (Å²) in [6, 6.07) is 1.63. The number of aryl methyl sites for hydroxylation is 1. The number of hydroxylamine groups is 1. The summed E-state index contributed by atoms with van der Waals surface area (Å²) in [7, 11) is 1.45. The molecule has 0 unspecified atom stereocenters. The van der Waals surface area contributed by atoms with Crippen LogP contribution in [0.25, 0.3) is 0 Å². The van der Waals surface area contributed by atoms with Crippen LogP contribution in [0.4, 0.5) is 4.39 Å². The van der Waals surface area contributed by atoms with Crippen molar-refractivity contribution in [3.8, 4) is 5.75 Å². The molecule has 0 heterocycles. The van der Waals surface area contributed by atoms with Crippen molar-refractivity contribution in [2.45, 2.75) is 13.5 Å². The number of hydrogen-bond acceptors (Lipinski definition) is 3. The molecule has 0 saturated carbocycles. The number of hydrogen-bond donors (Lipinski definition) is 2. The first kappa shape index (κ1) is 11.4. The molecule has 0 bridgehead atoms. The van der Waals surface area contributed by atoms with E-state index in [1.165, 1.54) is 7.11 Å². The minimum Gasteiger partial charge on any atom is -0.495 e. The van der Waals surface area contributed by atoms with Crippen LogP contribution in [0.1, 0.15) is 11.1 Å². The van der Waals surface area contributed by atoms with Crippen molar-refractivity contribution in [3.05, 3.63) is 27.5 Å². The number of rotatable bonds is 3. The molecule has 0 radical (unpaired) electrons. The van der Waals surface area contributed by atoms with Gasteiger partial charge in [-0.05, 0) is 34.5 Å². The first-order valence-corrected chi connectivity index (χ1v) is 4.79. The Morgan fingerprint density at radius 2 is 2.29 bits per heavy atom. The van der Waals surface area contributed by atoms with Gasteiger partial charge in [-0.3, -0.25) is 0 Å². The van der Waals surface area contributed by atoms with E-state index in [0.29, 0.717) is 21.3 Å². The van der Waals surface area contributed by atoms with Crippen LogP contribution >= 0.6 is 15.9 Å². The quantitative estimate of drug-likeness (QED) is 0.823. The molecular weight excluding hydrogens is 253 g/mol. The molecule has 0 amide bonds. The van der Waals surface area contributed by atoms with E-state index in [2.05, 4.69) is 15.9 Å². The average Bonchev–Trinajstić information content (AvgIpc) is 2.14. The predicted molar refractivity (Wildman–Crippen MR) is 54.0 cm³/mol. The van der Waals surface area contributed by atoms with Crippen LogP contribution in [0, 0.1) is 12.7 Å². The van der Waals surface area contributed by atoms with Crippen molar-refractivity contribution in [1.82, 2.24) is 5.48 Å². The Hall–Kier alpha value is -0.650. The van der Waals surface area contributed by atoms with Crippen molar-refractivity contribution in [2.24, 2.45) is 0 Å². The molecule has 0 aromatic heterocycles. The predicted octanol–water partition coefficient (Wildman–Crippen LogP) is 2.38. The summed E-state index contributed by atoms with van der Waals surface area (Å²) >= 11 is 3.26. The Morgan fingerprint density at radius 3 is 2.79 bits per heavy atom. The summed E-state index contributed by atoms with van der Waals surface area (Å²) < 4.78 is 19.3. The molecule has 5 heteroatoms. The van der Waals surface area contributed by atoms with E-state index in [9.17, 15) is 4.39 Å². The molecule has 0 atom stereocenters. The smallest absolute Gasteiger partial charge is 0.140 e. The van der Waals surface area contributed by atoms with Crippen molar-refractivity contribution in [3.63, 3.8) is 0 Å². The maximum absolute atomic E-state index is 13.6. The molecule has 0 spiro atoms. The maximum atomic E-state index is 13.6. The maximum Gasteiger partial charge on any atom is 0.140 e. The molecule has 1 aromatic carbocycles. The highest BCUT2D eigenvalue weighted by molar-refractivity contribution is 9.10. The van der Waals surface area contributed by atoms with E-state index in [-0.39, 0.29) is 12.4 Å². The normalized spacial score (nSPS) is 10.4. The molecule has 14 heavy (non-hydrogen) atoms. The molecule has 0 fully saturated rings. The van der Waals surface area contributed by atoms with E-state index in [1.54, 1.807) is 13.0 Å². The highest BCUT2D eigenvalue weighted by Crippen LogP contribution is 2.32. The van der Waals surface area contributed by atoms with Crippen LogP contribution in [-0.2, 0) is 6.54 Å². The Kier molecular flexibility index (Phi) is 3.86. The van der Waals surface area contributed by atoms with Crippen molar-refractivity contribution < 1.29 is 14.3 Å². The number of halogens is 2. The third-order valence-corrected chi connectivity index (χ3v) is 2.49. The second-order valence-electron chi connectivity index (χ2n) is 2.84. The van der Waals surface area contributed by atoms with Gasteiger partial charge in [0.2, 0.25) is 0 Å². The summed E-state index contributed by atoms with van der Waals surface area (Å²) in [4.78, 5) is 0. The summed E-state index contributed by atoms with van der Waals surface area (Å²) in [6.07, 6.45) is 0. The third kappa shape index (κ3) is 2.05. The minimum atomic E-state index is -0.369. The Bertz CT molecular complexity index is 344. The van der Waals surface area contributed by atoms with Gasteiger partial charge in [0.25, 0.3) is 0 Å². The fourth-order valence-corrected chi connectivity index (χ4v) is 2.00. The Labute approximate surface area is 90.0 Å². The van der Waals surface area contributed by atoms with Crippen LogP contribution in [0.2, 0.25) is 0 Å². The summed E-state index contributed by atoms with van der Waals surface area (Å²) in [5, 5.41) is 8.56. The van der Waals surface area contributed by atoms with E-state index < -0.39 is 0 Å². The molecule has 0 aliphatic rings. The summed E-state index contributed by atoms with van der Waals surface area (Å²) in [5.41, 5.74) is 2.72. The highest BCUT2D eigenvalue weighted by Gasteiger charge is 2.15. The van der Waals surface area contributed by atoms with Gasteiger partial charge in [0.15, 0.2) is 0 Å². The average molecular weight is 264 g/mol. The number of benzene rings is 1. The Morgan fingerprint density at radius 1 is 1.64 bits per heavy atom. The molecule has 2 N–H and O–H groups in total. The highest BCUT2D eigenvalue weighted by atomic mass is 79.9. The second-order valence-corrected chi connectivity index (χ2v) is 3.69. The van der Waals surface area contributed by atoms with E-state index in [1.807, 2.05) is 5.48 Å². The fraction of sp³-hybridized carbons (Fsp3) is 0.333. The molecule has 0 saturated heterocycles. The molecule has 3 nitrogen and oxygen atoms in total. The fourth-order valence-electron chi connectivity index (χ4n) is 1.26. The lowest BCUT2D eigenvalue weighted by Gasteiger charge is -2.12. The number of ether oxygens (including phenoxy) is 1. The molecule has 78 valence electrons. The van der Waals surface area contributed by atoms with E-state index in [0.717, 1.165) is 0 Å². The lowest BCUT2D eigenvalue weighted by atomic mass is 10.1. The van der Waals surface area contributed by atoms with Gasteiger partial charge in [-0.1, -0.05) is 0 Å². The third-order valence-electron chi connectivity index (χ3n) is 1.91. The topological polar surface area (TPSA) is 41.5 Å². The van der Waals surface area contributed by atoms with Crippen LogP contribution in [-0.4, -0.2) is 12.3 Å². The zero-order chi connectivity index (χ0) is 10.7. The molecule has 0 aliphatic heterocycles. The standard InChI is InChI=1S/C9H11BrFNO2/c1-5-3-7(10)9(14-2)6(4-12-13)8(5)11/h3,12-13H,4H2,1-2H3. The lowest BCUT2D eigenvalue weighted by Crippen LogP contribution is -2.10. The van der Waals surface area contributed by atoms with Crippen LogP contribution < -0.4 is 10.2 Å². The number of methoxy groups -OCH3 is 1. The van der Waals surface area contributed by atoms with Crippen molar-refractivity contribution >= 4 is 15.9 Å². The van der Waals surface area contributed by atoms with Gasteiger partial charge in [-0.25, -0.2) is 9.87 Å². The SMILES string of the molecule is COc1c(Br)cc(C)c(F)c1CNO. The van der Waals surface area contributed by atoms with Crippen molar-refractivity contribution in [2.75, 3.05) is 7.11 Å². The van der Waals surface area contributed by atoms with Crippen molar-refractivity contribution in [1.29, 1.82) is 0 Å². The zero-order valence-electron chi connectivity index (χ0n) is 7.90. The van der Waals surface area contributed by atoms with Crippen LogP contribution in [0.5, 0.6) is 5.75 Å². The van der Waals surface area contributed by atoms with Gasteiger partial charge >= 0.3 is 0 Å². The number of nitrogens with one attached hydrogen (secondary N) is 1. The van der Waals surface area contributed by atoms with Gasteiger partial charge in [0.1, 0.15) is 11.6 Å². The molecule has 1 rings (SSSR count). The molecular formula is C9H11BrFNO2. The summed E-state index contributed by atoms with van der Waals surface area (Å²) in [5.74, 6) is 0.0289. The molecule has 0 aliphatic carbocycles. The largest absolute Gasteiger partial charge is 0.495 e. The van der Waals surface area contributed by atoms with Crippen LogP contribution in [0.3, 0.4) is 0 Å². The minimum absolute atomic E-state index is 0.00921. The van der Waals surface area contributed by atoms with E-state index in [4.69, 9.17) is 9.94 Å². The second kappa shape index (κ2) is 4.72. The lowest BCUT2D eigenvalue weighted by molar-refractivity contribution is 0.158. The summed E-state index contributed by atoms with van der Waals surface area (Å²) in [6.45, 7) is 1.66. The van der Waals surface area contributed by atoms with Gasteiger partial charge in [0, 0.05) is 5.56 Å².